The molecule has 0 radical (unpaired) electrons. The van der Waals surface area contributed by atoms with Crippen LogP contribution >= 0.6 is 0 Å². The number of para-hydroxylation sites is 1. The maximum Gasteiger partial charge on any atom is 0.306 e. The lowest BCUT2D eigenvalue weighted by Gasteiger charge is -2.08. The lowest BCUT2D eigenvalue weighted by Crippen LogP contribution is -2.28. The van der Waals surface area contributed by atoms with E-state index >= 15 is 0 Å². The first-order valence-corrected chi connectivity index (χ1v) is 9.26. The van der Waals surface area contributed by atoms with Crippen molar-refractivity contribution in [3.63, 3.8) is 0 Å². The number of benzene rings is 2. The van der Waals surface area contributed by atoms with Gasteiger partial charge in [-0.3, -0.25) is 9.59 Å². The lowest BCUT2D eigenvalue weighted by molar-refractivity contribution is -0.148. The van der Waals surface area contributed by atoms with Gasteiger partial charge in [0.1, 0.15) is 5.75 Å². The number of aryl methyl sites for hydroxylation is 1. The second-order valence-electron chi connectivity index (χ2n) is 6.50. The molecular formula is C22H24N2O4. The van der Waals surface area contributed by atoms with Gasteiger partial charge in [0.25, 0.3) is 5.91 Å². The van der Waals surface area contributed by atoms with Gasteiger partial charge < -0.3 is 19.8 Å². The van der Waals surface area contributed by atoms with Crippen LogP contribution in [0.2, 0.25) is 0 Å². The highest BCUT2D eigenvalue weighted by Gasteiger charge is 2.09. The fourth-order valence-electron chi connectivity index (χ4n) is 3.01. The van der Waals surface area contributed by atoms with Crippen molar-refractivity contribution in [3.8, 4) is 5.75 Å². The van der Waals surface area contributed by atoms with Crippen molar-refractivity contribution in [1.29, 1.82) is 0 Å². The summed E-state index contributed by atoms with van der Waals surface area (Å²) in [6.07, 6.45) is 3.71. The van der Waals surface area contributed by atoms with Crippen LogP contribution in [0.4, 0.5) is 0 Å². The van der Waals surface area contributed by atoms with Crippen molar-refractivity contribution in [2.45, 2.75) is 25.8 Å². The predicted molar refractivity (Wildman–Crippen MR) is 107 cm³/mol. The second kappa shape index (κ2) is 9.60. The van der Waals surface area contributed by atoms with Crippen LogP contribution in [-0.4, -0.2) is 30.6 Å². The number of aromatic nitrogens is 1. The van der Waals surface area contributed by atoms with Crippen LogP contribution in [0.1, 0.15) is 24.0 Å². The summed E-state index contributed by atoms with van der Waals surface area (Å²) in [5, 5.41) is 3.90. The Labute approximate surface area is 163 Å². The molecule has 0 bridgehead atoms. The minimum absolute atomic E-state index is 0.268. The number of H-pyrrole nitrogens is 1. The maximum atomic E-state index is 11.9. The Morgan fingerprint density at radius 2 is 1.96 bits per heavy atom. The molecule has 1 heterocycles. The van der Waals surface area contributed by atoms with Gasteiger partial charge in [-0.1, -0.05) is 30.3 Å². The molecule has 3 aromatic rings. The Kier molecular flexibility index (Phi) is 6.68. The van der Waals surface area contributed by atoms with E-state index in [4.69, 9.17) is 9.47 Å². The molecule has 0 fully saturated rings. The van der Waals surface area contributed by atoms with E-state index in [0.29, 0.717) is 13.0 Å². The van der Waals surface area contributed by atoms with Crippen LogP contribution in [0.3, 0.4) is 0 Å². The summed E-state index contributed by atoms with van der Waals surface area (Å²) >= 11 is 0. The number of carbonyl (C=O) groups excluding carboxylic acids is 2. The maximum absolute atomic E-state index is 11.9. The van der Waals surface area contributed by atoms with Gasteiger partial charge in [0.05, 0.1) is 7.11 Å². The number of rotatable bonds is 9. The first-order valence-electron chi connectivity index (χ1n) is 9.26. The number of hydrogen-bond acceptors (Lipinski definition) is 4. The van der Waals surface area contributed by atoms with E-state index in [9.17, 15) is 9.59 Å². The molecule has 0 atom stereocenters. The fraction of sp³-hybridized carbons (Fsp3) is 0.273. The topological polar surface area (TPSA) is 80.4 Å². The molecular weight excluding hydrogens is 356 g/mol. The molecule has 3 rings (SSSR count). The molecule has 0 saturated carbocycles. The number of aromatic amines is 1. The second-order valence-corrected chi connectivity index (χ2v) is 6.50. The highest BCUT2D eigenvalue weighted by Crippen LogP contribution is 2.19. The molecule has 6 nitrogen and oxygen atoms in total. The SMILES string of the molecule is COc1cccc(CNC(=O)COC(=O)CCCc2c[nH]c3ccccc23)c1. The van der Waals surface area contributed by atoms with Crippen molar-refractivity contribution in [2.24, 2.45) is 0 Å². The van der Waals surface area contributed by atoms with Crippen molar-refractivity contribution in [2.75, 3.05) is 13.7 Å². The van der Waals surface area contributed by atoms with Gasteiger partial charge in [0.2, 0.25) is 0 Å². The quantitative estimate of drug-likeness (QED) is 0.558. The summed E-state index contributed by atoms with van der Waals surface area (Å²) in [4.78, 5) is 27.0. The highest BCUT2D eigenvalue weighted by atomic mass is 16.5. The zero-order chi connectivity index (χ0) is 19.8. The lowest BCUT2D eigenvalue weighted by atomic mass is 10.1. The molecule has 146 valence electrons. The monoisotopic (exact) mass is 380 g/mol. The highest BCUT2D eigenvalue weighted by molar-refractivity contribution is 5.83. The standard InChI is InChI=1S/C22H24N2O4/c1-27-18-8-4-6-16(12-18)13-24-21(25)15-28-22(26)11-5-7-17-14-23-20-10-3-2-9-19(17)20/h2-4,6,8-10,12,14,23H,5,7,11,13,15H2,1H3,(H,24,25). The number of ether oxygens (including phenoxy) is 2. The summed E-state index contributed by atoms with van der Waals surface area (Å²) in [5.41, 5.74) is 3.19. The zero-order valence-corrected chi connectivity index (χ0v) is 15.9. The average Bonchev–Trinajstić information content (AvgIpc) is 3.14. The van der Waals surface area contributed by atoms with Gasteiger partial charge in [0.15, 0.2) is 6.61 Å². The van der Waals surface area contributed by atoms with Gasteiger partial charge in [-0.2, -0.15) is 0 Å². The summed E-state index contributed by atoms with van der Waals surface area (Å²) in [6.45, 7) is 0.0873. The molecule has 2 aromatic carbocycles. The van der Waals surface area contributed by atoms with E-state index in [0.717, 1.165) is 23.3 Å². The van der Waals surface area contributed by atoms with E-state index in [-0.39, 0.29) is 24.9 Å². The van der Waals surface area contributed by atoms with Crippen LogP contribution in [0.25, 0.3) is 10.9 Å². The van der Waals surface area contributed by atoms with Gasteiger partial charge in [-0.25, -0.2) is 0 Å². The Hall–Kier alpha value is -3.28. The molecule has 0 aliphatic rings. The predicted octanol–water partition coefficient (Wildman–Crippen LogP) is 3.36. The van der Waals surface area contributed by atoms with Gasteiger partial charge in [-0.15, -0.1) is 0 Å². The fourth-order valence-corrected chi connectivity index (χ4v) is 3.01. The summed E-state index contributed by atoms with van der Waals surface area (Å²) in [7, 11) is 1.59. The molecule has 0 unspecified atom stereocenters. The number of amides is 1. The van der Waals surface area contributed by atoms with Crippen molar-refractivity contribution in [3.05, 3.63) is 65.9 Å². The Balaban J connectivity index is 1.35. The largest absolute Gasteiger partial charge is 0.497 e. The van der Waals surface area contributed by atoms with Gasteiger partial charge >= 0.3 is 5.97 Å². The minimum Gasteiger partial charge on any atom is -0.497 e. The van der Waals surface area contributed by atoms with Crippen molar-refractivity contribution >= 4 is 22.8 Å². The molecule has 0 saturated heterocycles. The third-order valence-electron chi connectivity index (χ3n) is 4.49. The molecule has 6 heteroatoms. The first-order chi connectivity index (χ1) is 13.7. The van der Waals surface area contributed by atoms with Gasteiger partial charge in [-0.05, 0) is 42.2 Å². The summed E-state index contributed by atoms with van der Waals surface area (Å²) in [5.74, 6) is 0.0394. The van der Waals surface area contributed by atoms with E-state index in [1.54, 1.807) is 7.11 Å². The van der Waals surface area contributed by atoms with Crippen LogP contribution in [0.15, 0.2) is 54.7 Å². The Morgan fingerprint density at radius 3 is 2.82 bits per heavy atom. The van der Waals surface area contributed by atoms with Gasteiger partial charge in [0, 0.05) is 30.1 Å². The summed E-state index contributed by atoms with van der Waals surface area (Å²) < 4.78 is 10.2. The molecule has 1 aromatic heterocycles. The number of nitrogens with one attached hydrogen (secondary N) is 2. The molecule has 28 heavy (non-hydrogen) atoms. The van der Waals surface area contributed by atoms with Crippen molar-refractivity contribution < 1.29 is 19.1 Å². The number of fused-ring (bicyclic) bond motifs is 1. The molecule has 0 spiro atoms. The van der Waals surface area contributed by atoms with Crippen LogP contribution in [0, 0.1) is 0 Å². The Bertz CT molecular complexity index is 948. The minimum atomic E-state index is -0.364. The van der Waals surface area contributed by atoms with E-state index in [2.05, 4.69) is 16.4 Å². The molecule has 0 aliphatic carbocycles. The van der Waals surface area contributed by atoms with Crippen LogP contribution in [-0.2, 0) is 27.3 Å². The third-order valence-corrected chi connectivity index (χ3v) is 4.49. The number of hydrogen-bond donors (Lipinski definition) is 2. The number of methoxy groups -OCH3 is 1. The van der Waals surface area contributed by atoms with E-state index < -0.39 is 0 Å². The molecule has 1 amide bonds. The average molecular weight is 380 g/mol. The van der Waals surface area contributed by atoms with Crippen molar-refractivity contribution in [1.82, 2.24) is 10.3 Å². The van der Waals surface area contributed by atoms with E-state index in [1.165, 1.54) is 10.9 Å². The van der Waals surface area contributed by atoms with E-state index in [1.807, 2.05) is 48.7 Å². The number of esters is 1. The molecule has 2 N–H and O–H groups in total. The number of carbonyl (C=O) groups is 2. The van der Waals surface area contributed by atoms with Crippen LogP contribution < -0.4 is 10.1 Å². The summed E-state index contributed by atoms with van der Waals surface area (Å²) in [6, 6.07) is 15.5. The normalized spacial score (nSPS) is 10.6. The smallest absolute Gasteiger partial charge is 0.306 e. The van der Waals surface area contributed by atoms with Crippen LogP contribution in [0.5, 0.6) is 5.75 Å². The zero-order valence-electron chi connectivity index (χ0n) is 15.9. The first kappa shape index (κ1) is 19.5. The Morgan fingerprint density at radius 1 is 1.11 bits per heavy atom. The molecule has 0 aliphatic heterocycles. The third kappa shape index (κ3) is 5.36.